The van der Waals surface area contributed by atoms with Crippen LogP contribution in [-0.4, -0.2) is 41.1 Å². The summed E-state index contributed by atoms with van der Waals surface area (Å²) in [6, 6.07) is 1.17. The number of aryl methyl sites for hydroxylation is 1. The summed E-state index contributed by atoms with van der Waals surface area (Å²) in [6.07, 6.45) is 5.47. The summed E-state index contributed by atoms with van der Waals surface area (Å²) in [6.45, 7) is 4.06. The molecule has 0 saturated heterocycles. The number of amides is 3. The van der Waals surface area contributed by atoms with Crippen LogP contribution in [-0.2, 0) is 11.3 Å². The van der Waals surface area contributed by atoms with Crippen molar-refractivity contribution in [1.29, 1.82) is 0 Å². The lowest BCUT2D eigenvalue weighted by atomic mass is 9.96. The van der Waals surface area contributed by atoms with Gasteiger partial charge in [-0.2, -0.15) is 0 Å². The zero-order valence-electron chi connectivity index (χ0n) is 14.1. The fourth-order valence-electron chi connectivity index (χ4n) is 2.77. The van der Waals surface area contributed by atoms with Crippen LogP contribution in [0, 0.1) is 6.92 Å². The first kappa shape index (κ1) is 17.5. The molecule has 23 heavy (non-hydrogen) atoms. The van der Waals surface area contributed by atoms with Crippen molar-refractivity contribution >= 4 is 11.9 Å². The number of nitrogens with one attached hydrogen (secondary N) is 2. The van der Waals surface area contributed by atoms with Crippen LogP contribution in [0.25, 0.3) is 0 Å². The van der Waals surface area contributed by atoms with Crippen molar-refractivity contribution in [3.8, 4) is 0 Å². The van der Waals surface area contributed by atoms with E-state index in [0.717, 1.165) is 37.1 Å². The number of imide groups is 1. The smallest absolute Gasteiger partial charge is 0.321 e. The average Bonchev–Trinajstić information content (AvgIpc) is 2.92. The summed E-state index contributed by atoms with van der Waals surface area (Å²) >= 11 is 0. The highest BCUT2D eigenvalue weighted by Gasteiger charge is 2.22. The highest BCUT2D eigenvalue weighted by molar-refractivity contribution is 5.96. The number of carbonyl (C=O) groups is 2. The van der Waals surface area contributed by atoms with E-state index in [4.69, 9.17) is 4.52 Å². The first-order valence-corrected chi connectivity index (χ1v) is 8.19. The van der Waals surface area contributed by atoms with Crippen LogP contribution in [0.2, 0.25) is 0 Å². The number of hydrogen-bond donors (Lipinski definition) is 2. The number of rotatable bonds is 5. The van der Waals surface area contributed by atoms with Crippen LogP contribution >= 0.6 is 0 Å². The minimum atomic E-state index is -0.441. The molecule has 1 atom stereocenters. The largest absolute Gasteiger partial charge is 0.361 e. The fourth-order valence-corrected chi connectivity index (χ4v) is 2.77. The molecule has 0 spiro atoms. The maximum Gasteiger partial charge on any atom is 0.321 e. The van der Waals surface area contributed by atoms with Gasteiger partial charge in [0, 0.05) is 18.7 Å². The van der Waals surface area contributed by atoms with Crippen molar-refractivity contribution in [3.05, 3.63) is 17.5 Å². The van der Waals surface area contributed by atoms with E-state index in [1.165, 1.54) is 6.42 Å². The first-order chi connectivity index (χ1) is 11.0. The standard InChI is InChI=1S/C16H26N4O3/c1-11-9-14(19-23-11)10-20(3)12(2)15(21)18-16(22)17-13-7-5-4-6-8-13/h9,12-13H,4-8,10H2,1-3H3,(H2,17,18,21,22). The maximum absolute atomic E-state index is 12.2. The second-order valence-electron chi connectivity index (χ2n) is 6.32. The highest BCUT2D eigenvalue weighted by Crippen LogP contribution is 2.17. The highest BCUT2D eigenvalue weighted by atomic mass is 16.5. The molecule has 7 heteroatoms. The molecule has 0 bridgehead atoms. The molecular weight excluding hydrogens is 296 g/mol. The molecule has 1 saturated carbocycles. The lowest BCUT2D eigenvalue weighted by Crippen LogP contribution is -2.50. The first-order valence-electron chi connectivity index (χ1n) is 8.19. The third kappa shape index (κ3) is 5.35. The third-order valence-corrected chi connectivity index (χ3v) is 4.31. The topological polar surface area (TPSA) is 87.5 Å². The molecule has 1 unspecified atom stereocenters. The molecule has 0 aliphatic heterocycles. The van der Waals surface area contributed by atoms with Crippen LogP contribution in [0.15, 0.2) is 10.6 Å². The summed E-state index contributed by atoms with van der Waals surface area (Å²) in [4.78, 5) is 25.9. The minimum Gasteiger partial charge on any atom is -0.361 e. The Labute approximate surface area is 136 Å². The van der Waals surface area contributed by atoms with Crippen LogP contribution in [0.5, 0.6) is 0 Å². The van der Waals surface area contributed by atoms with E-state index in [-0.39, 0.29) is 11.9 Å². The van der Waals surface area contributed by atoms with Gasteiger partial charge in [-0.1, -0.05) is 24.4 Å². The van der Waals surface area contributed by atoms with Gasteiger partial charge >= 0.3 is 6.03 Å². The van der Waals surface area contributed by atoms with Gasteiger partial charge < -0.3 is 9.84 Å². The Morgan fingerprint density at radius 3 is 2.70 bits per heavy atom. The van der Waals surface area contributed by atoms with Crippen LogP contribution in [0.3, 0.4) is 0 Å². The lowest BCUT2D eigenvalue weighted by Gasteiger charge is -2.25. The van der Waals surface area contributed by atoms with Gasteiger partial charge in [0.15, 0.2) is 0 Å². The van der Waals surface area contributed by atoms with Crippen molar-refractivity contribution in [3.63, 3.8) is 0 Å². The van der Waals surface area contributed by atoms with E-state index >= 15 is 0 Å². The predicted molar refractivity (Wildman–Crippen MR) is 85.7 cm³/mol. The monoisotopic (exact) mass is 322 g/mol. The van der Waals surface area contributed by atoms with Gasteiger partial charge in [-0.3, -0.25) is 15.0 Å². The van der Waals surface area contributed by atoms with Gasteiger partial charge in [0.2, 0.25) is 5.91 Å². The molecule has 1 heterocycles. The van der Waals surface area contributed by atoms with E-state index in [1.807, 2.05) is 24.9 Å². The van der Waals surface area contributed by atoms with Gasteiger partial charge in [-0.25, -0.2) is 4.79 Å². The van der Waals surface area contributed by atoms with Crippen LogP contribution in [0.4, 0.5) is 4.79 Å². The Bertz CT molecular complexity index is 537. The van der Waals surface area contributed by atoms with Gasteiger partial charge in [-0.15, -0.1) is 0 Å². The Kier molecular flexibility index (Phi) is 6.15. The zero-order chi connectivity index (χ0) is 16.8. The van der Waals surface area contributed by atoms with E-state index in [2.05, 4.69) is 15.8 Å². The fraction of sp³-hybridized carbons (Fsp3) is 0.688. The van der Waals surface area contributed by atoms with Crippen LogP contribution in [0.1, 0.15) is 50.5 Å². The molecule has 3 amide bonds. The maximum atomic E-state index is 12.2. The Hall–Kier alpha value is -1.89. The molecule has 128 valence electrons. The number of urea groups is 1. The van der Waals surface area contributed by atoms with E-state index < -0.39 is 12.1 Å². The van der Waals surface area contributed by atoms with E-state index in [0.29, 0.717) is 6.54 Å². The number of nitrogens with zero attached hydrogens (tertiary/aromatic N) is 2. The SMILES string of the molecule is Cc1cc(CN(C)C(C)C(=O)NC(=O)NC2CCCCC2)no1. The molecule has 7 nitrogen and oxygen atoms in total. The number of carbonyl (C=O) groups excluding carboxylic acids is 2. The summed E-state index contributed by atoms with van der Waals surface area (Å²) in [7, 11) is 1.81. The van der Waals surface area contributed by atoms with Crippen molar-refractivity contribution in [2.24, 2.45) is 0 Å². The molecule has 2 rings (SSSR count). The Morgan fingerprint density at radius 1 is 1.39 bits per heavy atom. The minimum absolute atomic E-state index is 0.183. The molecule has 0 radical (unpaired) electrons. The average molecular weight is 322 g/mol. The quantitative estimate of drug-likeness (QED) is 0.865. The van der Waals surface area contributed by atoms with Gasteiger partial charge in [0.05, 0.1) is 11.7 Å². The van der Waals surface area contributed by atoms with Crippen molar-refractivity contribution in [1.82, 2.24) is 20.7 Å². The predicted octanol–water partition coefficient (Wildman–Crippen LogP) is 1.96. The second-order valence-corrected chi connectivity index (χ2v) is 6.32. The summed E-state index contributed by atoms with van der Waals surface area (Å²) in [5.74, 6) is 0.415. The lowest BCUT2D eigenvalue weighted by molar-refractivity contribution is -0.124. The molecule has 1 aromatic rings. The molecule has 1 aliphatic carbocycles. The van der Waals surface area contributed by atoms with Crippen molar-refractivity contribution in [2.75, 3.05) is 7.05 Å². The van der Waals surface area contributed by atoms with Crippen LogP contribution < -0.4 is 10.6 Å². The normalized spacial score (nSPS) is 17.0. The van der Waals surface area contributed by atoms with E-state index in [1.54, 1.807) is 6.92 Å². The van der Waals surface area contributed by atoms with Crippen molar-refractivity contribution < 1.29 is 14.1 Å². The molecule has 1 fully saturated rings. The number of hydrogen-bond acceptors (Lipinski definition) is 5. The van der Waals surface area contributed by atoms with Gasteiger partial charge in [0.1, 0.15) is 5.76 Å². The van der Waals surface area contributed by atoms with Crippen molar-refractivity contribution in [2.45, 2.75) is 64.6 Å². The molecule has 0 aromatic carbocycles. The Morgan fingerprint density at radius 2 is 2.09 bits per heavy atom. The summed E-state index contributed by atoms with van der Waals surface area (Å²) in [5.41, 5.74) is 0.760. The third-order valence-electron chi connectivity index (χ3n) is 4.31. The Balaban J connectivity index is 1.77. The number of aromatic nitrogens is 1. The molecule has 1 aromatic heterocycles. The van der Waals surface area contributed by atoms with Gasteiger partial charge in [0.25, 0.3) is 0 Å². The van der Waals surface area contributed by atoms with Gasteiger partial charge in [-0.05, 0) is 33.7 Å². The summed E-state index contributed by atoms with van der Waals surface area (Å²) < 4.78 is 5.01. The molecule has 2 N–H and O–H groups in total. The molecule has 1 aliphatic rings. The second kappa shape index (κ2) is 8.10. The van der Waals surface area contributed by atoms with E-state index in [9.17, 15) is 9.59 Å². The zero-order valence-corrected chi connectivity index (χ0v) is 14.1. The molecular formula is C16H26N4O3. The summed E-state index contributed by atoms with van der Waals surface area (Å²) in [5, 5.41) is 9.21. The number of likely N-dealkylation sites (N-methyl/N-ethyl adjacent to an activating group) is 1.